The molecule has 0 aliphatic heterocycles. The van der Waals surface area contributed by atoms with Crippen molar-refractivity contribution in [2.75, 3.05) is 33.8 Å². The van der Waals surface area contributed by atoms with Crippen molar-refractivity contribution in [1.82, 2.24) is 0 Å². The summed E-state index contributed by atoms with van der Waals surface area (Å²) in [6.07, 6.45) is 0.405. The number of hydrogen-bond donors (Lipinski definition) is 1. The van der Waals surface area contributed by atoms with Gasteiger partial charge in [-0.05, 0) is 43.3 Å². The van der Waals surface area contributed by atoms with Crippen LogP contribution in [0.25, 0.3) is 0 Å². The van der Waals surface area contributed by atoms with E-state index in [1.165, 1.54) is 27.2 Å². The Balaban J connectivity index is 1.84. The molecule has 1 heterocycles. The number of rotatable bonds is 9. The third-order valence-corrected chi connectivity index (χ3v) is 4.89. The first-order valence-corrected chi connectivity index (χ1v) is 9.78. The molecule has 8 heteroatoms. The van der Waals surface area contributed by atoms with E-state index in [2.05, 4.69) is 5.32 Å². The molecule has 0 unspecified atom stereocenters. The number of carbonyl (C=O) groups excluding carboxylic acids is 2. The molecule has 168 valence electrons. The summed E-state index contributed by atoms with van der Waals surface area (Å²) in [5.74, 6) is 2.10. The van der Waals surface area contributed by atoms with Gasteiger partial charge in [0.05, 0.1) is 34.1 Å². The number of methoxy groups -OCH3 is 4. The number of nitrogens with one attached hydrogen (secondary N) is 1. The number of Topliss-reactive ketones (excluding diaryl/α,β-unsaturated/α-hetero) is 1. The van der Waals surface area contributed by atoms with E-state index in [9.17, 15) is 9.59 Å². The summed E-state index contributed by atoms with van der Waals surface area (Å²) in [4.78, 5) is 24.9. The molecule has 0 radical (unpaired) electrons. The van der Waals surface area contributed by atoms with E-state index in [4.69, 9.17) is 23.4 Å². The molecule has 1 amide bonds. The number of hydrogen-bond acceptors (Lipinski definition) is 7. The maximum Gasteiger partial charge on any atom is 0.291 e. The van der Waals surface area contributed by atoms with Crippen LogP contribution < -0.4 is 24.3 Å². The molecule has 2 aromatic carbocycles. The Hall–Kier alpha value is -3.94. The van der Waals surface area contributed by atoms with Crippen molar-refractivity contribution >= 4 is 17.4 Å². The topological polar surface area (TPSA) is 96.2 Å². The lowest BCUT2D eigenvalue weighted by molar-refractivity contribution is 0.0995. The molecule has 3 rings (SSSR count). The standard InChI is InChI=1S/C24H25NO7/c1-14(26)18-12-22(30-4)23(31-5)13-19(18)25-24(27)21-9-7-17(32-21)11-15-10-16(28-2)6-8-20(15)29-3/h6-10,12-13H,11H2,1-5H3,(H,25,27). The lowest BCUT2D eigenvalue weighted by Crippen LogP contribution is -2.14. The van der Waals surface area contributed by atoms with Crippen molar-refractivity contribution in [3.8, 4) is 23.0 Å². The average Bonchev–Trinajstić information content (AvgIpc) is 3.27. The van der Waals surface area contributed by atoms with Crippen molar-refractivity contribution in [3.05, 3.63) is 65.1 Å². The molecule has 0 fully saturated rings. The monoisotopic (exact) mass is 439 g/mol. The lowest BCUT2D eigenvalue weighted by Gasteiger charge is -2.14. The second-order valence-electron chi connectivity index (χ2n) is 6.88. The van der Waals surface area contributed by atoms with Crippen molar-refractivity contribution in [1.29, 1.82) is 0 Å². The van der Waals surface area contributed by atoms with Crippen molar-refractivity contribution in [3.63, 3.8) is 0 Å². The van der Waals surface area contributed by atoms with Crippen LogP contribution in [0, 0.1) is 0 Å². The predicted octanol–water partition coefficient (Wildman–Crippen LogP) is 4.36. The Morgan fingerprint density at radius 3 is 2.16 bits per heavy atom. The van der Waals surface area contributed by atoms with Gasteiger partial charge in [-0.25, -0.2) is 0 Å². The third-order valence-electron chi connectivity index (χ3n) is 4.89. The number of furan rings is 1. The van der Waals surface area contributed by atoms with E-state index in [0.717, 1.165) is 5.56 Å². The Morgan fingerprint density at radius 1 is 0.844 bits per heavy atom. The van der Waals surface area contributed by atoms with Crippen LogP contribution in [0.1, 0.15) is 39.2 Å². The first-order valence-electron chi connectivity index (χ1n) is 9.78. The highest BCUT2D eigenvalue weighted by atomic mass is 16.5. The highest BCUT2D eigenvalue weighted by Gasteiger charge is 2.19. The smallest absolute Gasteiger partial charge is 0.291 e. The highest BCUT2D eigenvalue weighted by molar-refractivity contribution is 6.08. The fourth-order valence-electron chi connectivity index (χ4n) is 3.26. The van der Waals surface area contributed by atoms with Gasteiger partial charge in [-0.3, -0.25) is 9.59 Å². The lowest BCUT2D eigenvalue weighted by atomic mass is 10.1. The van der Waals surface area contributed by atoms with Crippen molar-refractivity contribution in [2.45, 2.75) is 13.3 Å². The SMILES string of the molecule is COc1ccc(OC)c(Cc2ccc(C(=O)Nc3cc(OC)c(OC)cc3C(C)=O)o2)c1. The van der Waals surface area contributed by atoms with Crippen LogP contribution in [0.3, 0.4) is 0 Å². The summed E-state index contributed by atoms with van der Waals surface area (Å²) >= 11 is 0. The average molecular weight is 439 g/mol. The number of amides is 1. The van der Waals surface area contributed by atoms with Gasteiger partial charge in [0.1, 0.15) is 17.3 Å². The second kappa shape index (κ2) is 9.91. The zero-order valence-electron chi connectivity index (χ0n) is 18.6. The molecule has 0 aliphatic carbocycles. The molecule has 3 aromatic rings. The van der Waals surface area contributed by atoms with Gasteiger partial charge in [-0.15, -0.1) is 0 Å². The molecule has 0 spiro atoms. The molecule has 0 aliphatic rings. The summed E-state index contributed by atoms with van der Waals surface area (Å²) in [7, 11) is 6.12. The Morgan fingerprint density at radius 2 is 1.53 bits per heavy atom. The maximum absolute atomic E-state index is 12.8. The minimum atomic E-state index is -0.497. The van der Waals surface area contributed by atoms with Gasteiger partial charge >= 0.3 is 0 Å². The molecular formula is C24H25NO7. The Labute approximate surface area is 186 Å². The summed E-state index contributed by atoms with van der Waals surface area (Å²) in [6.45, 7) is 1.41. The zero-order chi connectivity index (χ0) is 23.3. The van der Waals surface area contributed by atoms with Crippen LogP contribution in [0.5, 0.6) is 23.0 Å². The minimum absolute atomic E-state index is 0.103. The van der Waals surface area contributed by atoms with E-state index in [0.29, 0.717) is 46.4 Å². The fourth-order valence-corrected chi connectivity index (χ4v) is 3.26. The summed E-state index contributed by atoms with van der Waals surface area (Å²) in [5, 5.41) is 2.72. The maximum atomic E-state index is 12.8. The highest BCUT2D eigenvalue weighted by Crippen LogP contribution is 2.34. The van der Waals surface area contributed by atoms with Crippen LogP contribution in [0.15, 0.2) is 46.9 Å². The van der Waals surface area contributed by atoms with Gasteiger partial charge in [0.2, 0.25) is 0 Å². The number of ether oxygens (including phenoxy) is 4. The first-order chi connectivity index (χ1) is 15.4. The Bertz CT molecular complexity index is 1130. The molecule has 8 nitrogen and oxygen atoms in total. The molecule has 0 atom stereocenters. The molecule has 0 bridgehead atoms. The Kier molecular flexibility index (Phi) is 7.04. The van der Waals surface area contributed by atoms with Gasteiger partial charge in [-0.1, -0.05) is 0 Å². The number of ketones is 1. The first kappa shape index (κ1) is 22.7. The normalized spacial score (nSPS) is 10.4. The molecule has 32 heavy (non-hydrogen) atoms. The van der Waals surface area contributed by atoms with Crippen LogP contribution in [0.4, 0.5) is 5.69 Å². The van der Waals surface area contributed by atoms with E-state index in [1.807, 2.05) is 12.1 Å². The predicted molar refractivity (Wildman–Crippen MR) is 119 cm³/mol. The van der Waals surface area contributed by atoms with Crippen LogP contribution in [-0.2, 0) is 6.42 Å². The summed E-state index contributed by atoms with van der Waals surface area (Å²) in [6, 6.07) is 11.8. The summed E-state index contributed by atoms with van der Waals surface area (Å²) < 4.78 is 26.9. The van der Waals surface area contributed by atoms with Gasteiger partial charge < -0.3 is 28.7 Å². The quantitative estimate of drug-likeness (QED) is 0.495. The van der Waals surface area contributed by atoms with E-state index >= 15 is 0 Å². The molecule has 0 saturated heterocycles. The van der Waals surface area contributed by atoms with Gasteiger partial charge in [0, 0.05) is 23.6 Å². The number of benzene rings is 2. The van der Waals surface area contributed by atoms with E-state index < -0.39 is 5.91 Å². The van der Waals surface area contributed by atoms with Crippen molar-refractivity contribution in [2.24, 2.45) is 0 Å². The molecule has 0 saturated carbocycles. The van der Waals surface area contributed by atoms with Crippen LogP contribution in [0.2, 0.25) is 0 Å². The second-order valence-corrected chi connectivity index (χ2v) is 6.88. The number of anilines is 1. The minimum Gasteiger partial charge on any atom is -0.497 e. The van der Waals surface area contributed by atoms with Crippen LogP contribution >= 0.6 is 0 Å². The third kappa shape index (κ3) is 4.85. The van der Waals surface area contributed by atoms with Gasteiger partial charge in [0.15, 0.2) is 23.0 Å². The van der Waals surface area contributed by atoms with Gasteiger partial charge in [-0.2, -0.15) is 0 Å². The van der Waals surface area contributed by atoms with Gasteiger partial charge in [0.25, 0.3) is 5.91 Å². The zero-order valence-corrected chi connectivity index (χ0v) is 18.6. The van der Waals surface area contributed by atoms with Crippen LogP contribution in [-0.4, -0.2) is 40.1 Å². The largest absolute Gasteiger partial charge is 0.497 e. The summed E-state index contributed by atoms with van der Waals surface area (Å²) in [5.41, 5.74) is 1.45. The van der Waals surface area contributed by atoms with E-state index in [-0.39, 0.29) is 11.5 Å². The van der Waals surface area contributed by atoms with Crippen molar-refractivity contribution < 1.29 is 33.0 Å². The fraction of sp³-hybridized carbons (Fsp3) is 0.250. The molecule has 1 N–H and O–H groups in total. The molecule has 1 aromatic heterocycles. The van der Waals surface area contributed by atoms with E-state index in [1.54, 1.807) is 38.5 Å². The molecular weight excluding hydrogens is 414 g/mol. The number of carbonyl (C=O) groups is 2.